The molecule has 0 aliphatic carbocycles. The number of hydrogen-bond donors (Lipinski definition) is 0. The quantitative estimate of drug-likeness (QED) is 0.190. The summed E-state index contributed by atoms with van der Waals surface area (Å²) in [5, 5.41) is 8.98. The molecule has 0 amide bonds. The summed E-state index contributed by atoms with van der Waals surface area (Å²) in [5.74, 6) is 0.748. The zero-order valence-electron chi connectivity index (χ0n) is 24.9. The van der Waals surface area contributed by atoms with Gasteiger partial charge in [-0.05, 0) is 65.4 Å². The van der Waals surface area contributed by atoms with Gasteiger partial charge >= 0.3 is 0 Å². The Kier molecular flexibility index (Phi) is 5.20. The van der Waals surface area contributed by atoms with Crippen molar-refractivity contribution < 1.29 is 0 Å². The highest BCUT2D eigenvalue weighted by atomic mass is 32.2. The Morgan fingerprint density at radius 1 is 0.511 bits per heavy atom. The molecule has 7 aromatic carbocycles. The van der Waals surface area contributed by atoms with Crippen LogP contribution in [0.25, 0.3) is 92.0 Å². The van der Waals surface area contributed by atoms with Gasteiger partial charge in [0.1, 0.15) is 0 Å². The van der Waals surface area contributed by atoms with Crippen LogP contribution >= 0.6 is 23.1 Å². The first-order valence-corrected chi connectivity index (χ1v) is 17.4. The first kappa shape index (κ1) is 25.7. The minimum atomic E-state index is 0.748. The molecule has 1 aliphatic heterocycles. The third-order valence-electron chi connectivity index (χ3n) is 9.58. The number of aromatic nitrogens is 3. The van der Waals surface area contributed by atoms with Crippen molar-refractivity contribution >= 4 is 86.8 Å². The van der Waals surface area contributed by atoms with E-state index in [-0.39, 0.29) is 0 Å². The second kappa shape index (κ2) is 9.52. The Morgan fingerprint density at radius 3 is 2.09 bits per heavy atom. The highest BCUT2D eigenvalue weighted by Gasteiger charge is 2.24. The monoisotopic (exact) mass is 633 g/mol. The van der Waals surface area contributed by atoms with E-state index < -0.39 is 0 Å². The molecule has 3 aromatic heterocycles. The van der Waals surface area contributed by atoms with Crippen LogP contribution in [0.5, 0.6) is 0 Å². The number of hydrogen-bond acceptors (Lipinski definition) is 4. The predicted octanol–water partition coefficient (Wildman–Crippen LogP) is 12.0. The average Bonchev–Trinajstić information content (AvgIpc) is 3.69. The van der Waals surface area contributed by atoms with E-state index in [0.29, 0.717) is 0 Å². The smallest absolute Gasteiger partial charge is 0.160 e. The number of benzene rings is 7. The molecule has 218 valence electrons. The molecule has 11 rings (SSSR count). The van der Waals surface area contributed by atoms with E-state index in [1.165, 1.54) is 68.1 Å². The van der Waals surface area contributed by atoms with Crippen molar-refractivity contribution in [3.63, 3.8) is 0 Å². The lowest BCUT2D eigenvalue weighted by molar-refractivity contribution is 1.17. The van der Waals surface area contributed by atoms with Gasteiger partial charge < -0.3 is 4.57 Å². The van der Waals surface area contributed by atoms with Gasteiger partial charge in [-0.15, -0.1) is 11.3 Å². The van der Waals surface area contributed by atoms with Gasteiger partial charge in [0, 0.05) is 58.2 Å². The van der Waals surface area contributed by atoms with Crippen LogP contribution in [0.3, 0.4) is 0 Å². The Balaban J connectivity index is 1.17. The minimum Gasteiger partial charge on any atom is -0.308 e. The lowest BCUT2D eigenvalue weighted by atomic mass is 9.99. The fourth-order valence-corrected chi connectivity index (χ4v) is 9.95. The summed E-state index contributed by atoms with van der Waals surface area (Å²) >= 11 is 3.69. The fourth-order valence-electron chi connectivity index (χ4n) is 7.58. The summed E-state index contributed by atoms with van der Waals surface area (Å²) in [7, 11) is 0. The first-order chi connectivity index (χ1) is 23.3. The van der Waals surface area contributed by atoms with Gasteiger partial charge in [0.2, 0.25) is 0 Å². The van der Waals surface area contributed by atoms with Crippen LogP contribution in [0.2, 0.25) is 0 Å². The molecule has 47 heavy (non-hydrogen) atoms. The Morgan fingerprint density at radius 2 is 1.21 bits per heavy atom. The predicted molar refractivity (Wildman–Crippen MR) is 199 cm³/mol. The maximum absolute atomic E-state index is 5.21. The van der Waals surface area contributed by atoms with Crippen molar-refractivity contribution in [2.45, 2.75) is 9.79 Å². The van der Waals surface area contributed by atoms with Gasteiger partial charge in [0.05, 0.1) is 26.9 Å². The summed E-state index contributed by atoms with van der Waals surface area (Å²) in [4.78, 5) is 12.7. The third-order valence-corrected chi connectivity index (χ3v) is 11.9. The molecule has 1 aliphatic rings. The Bertz CT molecular complexity index is 2930. The highest BCUT2D eigenvalue weighted by molar-refractivity contribution is 7.99. The van der Waals surface area contributed by atoms with E-state index in [4.69, 9.17) is 9.97 Å². The first-order valence-electron chi connectivity index (χ1n) is 15.8. The van der Waals surface area contributed by atoms with E-state index in [1.54, 1.807) is 11.8 Å². The zero-order valence-corrected chi connectivity index (χ0v) is 26.6. The van der Waals surface area contributed by atoms with E-state index in [1.807, 2.05) is 11.3 Å². The second-order valence-electron chi connectivity index (χ2n) is 12.1. The van der Waals surface area contributed by atoms with E-state index in [0.717, 1.165) is 33.7 Å². The van der Waals surface area contributed by atoms with Gasteiger partial charge in [-0.3, -0.25) is 0 Å². The molecule has 0 unspecified atom stereocenters. The van der Waals surface area contributed by atoms with E-state index in [9.17, 15) is 0 Å². The number of nitrogens with zero attached hydrogens (tertiary/aromatic N) is 3. The molecule has 0 saturated heterocycles. The van der Waals surface area contributed by atoms with Gasteiger partial charge in [0.25, 0.3) is 0 Å². The standard InChI is InChI=1S/C42H23N3S2/c1-2-11-27-26(10-1)36-28-12-3-6-16-32(28)45(40(36)41-37(27)29-13-4-7-17-33(29)47-41)25-22-20-24(21-23-25)42-43-31-15-9-19-35-38(31)39(44-42)30-14-5-8-18-34(30)46-35/h1-23H. The van der Waals surface area contributed by atoms with Gasteiger partial charge in [-0.2, -0.15) is 0 Å². The second-order valence-corrected chi connectivity index (χ2v) is 14.3. The summed E-state index contributed by atoms with van der Waals surface area (Å²) in [6.45, 7) is 0. The summed E-state index contributed by atoms with van der Waals surface area (Å²) in [6.07, 6.45) is 0. The Hall–Kier alpha value is -5.49. The summed E-state index contributed by atoms with van der Waals surface area (Å²) < 4.78 is 5.10. The molecule has 3 nitrogen and oxygen atoms in total. The lowest BCUT2D eigenvalue weighted by Gasteiger charge is -2.19. The van der Waals surface area contributed by atoms with Crippen molar-refractivity contribution in [3.8, 4) is 28.3 Å². The molecule has 0 bridgehead atoms. The molecule has 0 radical (unpaired) electrons. The molecular weight excluding hydrogens is 611 g/mol. The van der Waals surface area contributed by atoms with Gasteiger partial charge in [0.15, 0.2) is 5.82 Å². The summed E-state index contributed by atoms with van der Waals surface area (Å²) in [5.41, 5.74) is 7.77. The van der Waals surface area contributed by atoms with Crippen LogP contribution in [0.4, 0.5) is 0 Å². The fraction of sp³-hybridized carbons (Fsp3) is 0. The minimum absolute atomic E-state index is 0.748. The zero-order chi connectivity index (χ0) is 30.6. The van der Waals surface area contributed by atoms with Crippen LogP contribution in [0.15, 0.2) is 149 Å². The number of para-hydroxylation sites is 1. The van der Waals surface area contributed by atoms with Gasteiger partial charge in [-0.25, -0.2) is 9.97 Å². The van der Waals surface area contributed by atoms with Crippen molar-refractivity contribution in [2.75, 3.05) is 0 Å². The van der Waals surface area contributed by atoms with Crippen LogP contribution in [-0.4, -0.2) is 14.5 Å². The molecule has 4 heterocycles. The maximum atomic E-state index is 5.21. The average molecular weight is 634 g/mol. The molecule has 0 fully saturated rings. The number of rotatable bonds is 2. The molecule has 0 spiro atoms. The SMILES string of the molecule is c1ccc2c(c1)Sc1cccc3nc(-c4ccc(-n5c6ccccc6c6c7ccccc7c7c8ccccc8sc7c65)cc4)nc-2c13. The summed E-state index contributed by atoms with van der Waals surface area (Å²) in [6, 6.07) is 50.3. The molecule has 0 atom stereocenters. The van der Waals surface area contributed by atoms with Crippen molar-refractivity contribution in [1.82, 2.24) is 14.5 Å². The number of fused-ring (bicyclic) bond motifs is 12. The van der Waals surface area contributed by atoms with E-state index >= 15 is 0 Å². The van der Waals surface area contributed by atoms with Crippen LogP contribution in [-0.2, 0) is 0 Å². The number of thiophene rings is 1. The van der Waals surface area contributed by atoms with Crippen molar-refractivity contribution in [2.24, 2.45) is 0 Å². The van der Waals surface area contributed by atoms with Crippen LogP contribution in [0, 0.1) is 0 Å². The Labute approximate surface area is 277 Å². The maximum Gasteiger partial charge on any atom is 0.160 e. The lowest BCUT2D eigenvalue weighted by Crippen LogP contribution is -2.00. The topological polar surface area (TPSA) is 30.7 Å². The molecule has 0 N–H and O–H groups in total. The molecule has 0 saturated carbocycles. The van der Waals surface area contributed by atoms with Crippen LogP contribution in [0.1, 0.15) is 0 Å². The normalized spacial score (nSPS) is 12.6. The molecule has 10 aromatic rings. The highest BCUT2D eigenvalue weighted by Crippen LogP contribution is 2.49. The van der Waals surface area contributed by atoms with Crippen molar-refractivity contribution in [3.05, 3.63) is 140 Å². The van der Waals surface area contributed by atoms with Gasteiger partial charge in [-0.1, -0.05) is 96.7 Å². The van der Waals surface area contributed by atoms with Crippen molar-refractivity contribution in [1.29, 1.82) is 0 Å². The van der Waals surface area contributed by atoms with E-state index in [2.05, 4.69) is 144 Å². The largest absolute Gasteiger partial charge is 0.308 e. The molecular formula is C42H23N3S2. The molecule has 5 heteroatoms. The van der Waals surface area contributed by atoms with Crippen LogP contribution < -0.4 is 0 Å². The third kappa shape index (κ3) is 3.53.